The summed E-state index contributed by atoms with van der Waals surface area (Å²) in [6.45, 7) is 4.62. The number of hydrogen-bond acceptors (Lipinski definition) is 4. The van der Waals surface area contributed by atoms with E-state index in [0.29, 0.717) is 13.1 Å². The Balaban J connectivity index is 1.61. The monoisotopic (exact) mass is 416 g/mol. The number of halogens is 1. The molecular formula is C22H29FN4OS. The average molecular weight is 417 g/mol. The molecule has 5 nitrogen and oxygen atoms in total. The van der Waals surface area contributed by atoms with E-state index in [1.165, 1.54) is 17.3 Å². The van der Waals surface area contributed by atoms with Gasteiger partial charge in [-0.25, -0.2) is 4.39 Å². The largest absolute Gasteiger partial charge is 0.378 e. The zero-order valence-electron chi connectivity index (χ0n) is 17.1. The molecule has 7 heteroatoms. The van der Waals surface area contributed by atoms with Crippen LogP contribution < -0.4 is 15.5 Å². The van der Waals surface area contributed by atoms with Gasteiger partial charge >= 0.3 is 0 Å². The van der Waals surface area contributed by atoms with Gasteiger partial charge in [0.15, 0.2) is 5.96 Å². The SMILES string of the molecule is CN=C(NCc1ccc(F)cc1CSC)NCc1ccccc1N1CCOCC1. The Bertz CT molecular complexity index is 824. The number of rotatable bonds is 7. The molecule has 0 amide bonds. The summed E-state index contributed by atoms with van der Waals surface area (Å²) < 4.78 is 19.0. The molecule has 0 bridgehead atoms. The molecule has 156 valence electrons. The van der Waals surface area contributed by atoms with Crippen molar-refractivity contribution in [2.45, 2.75) is 18.8 Å². The number of para-hydroxylation sites is 1. The van der Waals surface area contributed by atoms with E-state index in [9.17, 15) is 4.39 Å². The van der Waals surface area contributed by atoms with Crippen LogP contribution in [0.3, 0.4) is 0 Å². The normalized spacial score (nSPS) is 14.7. The van der Waals surface area contributed by atoms with Crippen molar-refractivity contribution in [2.24, 2.45) is 4.99 Å². The highest BCUT2D eigenvalue weighted by molar-refractivity contribution is 7.97. The van der Waals surface area contributed by atoms with Crippen molar-refractivity contribution < 1.29 is 9.13 Å². The van der Waals surface area contributed by atoms with Gasteiger partial charge < -0.3 is 20.3 Å². The van der Waals surface area contributed by atoms with Gasteiger partial charge in [0, 0.05) is 44.7 Å². The molecule has 3 rings (SSSR count). The standard InChI is InChI=1S/C22H29FN4OS/c1-24-22(25-14-17-7-8-20(23)13-19(17)16-29-2)26-15-18-5-3-4-6-21(18)27-9-11-28-12-10-27/h3-8,13H,9-12,14-16H2,1-2H3,(H2,24,25,26). The fourth-order valence-corrected chi connectivity index (χ4v) is 3.99. The molecule has 0 unspecified atom stereocenters. The van der Waals surface area contributed by atoms with Gasteiger partial charge in [-0.3, -0.25) is 4.99 Å². The third-order valence-corrected chi connectivity index (χ3v) is 5.53. The summed E-state index contributed by atoms with van der Waals surface area (Å²) in [7, 11) is 1.76. The van der Waals surface area contributed by atoms with Crippen LogP contribution in [0, 0.1) is 5.82 Å². The maximum Gasteiger partial charge on any atom is 0.191 e. The summed E-state index contributed by atoms with van der Waals surface area (Å²) in [5.74, 6) is 1.31. The lowest BCUT2D eigenvalue weighted by Crippen LogP contribution is -2.39. The number of anilines is 1. The maximum absolute atomic E-state index is 13.6. The van der Waals surface area contributed by atoms with Crippen LogP contribution in [-0.2, 0) is 23.6 Å². The van der Waals surface area contributed by atoms with E-state index < -0.39 is 0 Å². The molecule has 0 saturated carbocycles. The Labute approximate surface area is 176 Å². The lowest BCUT2D eigenvalue weighted by Gasteiger charge is -2.30. The van der Waals surface area contributed by atoms with Crippen molar-refractivity contribution >= 4 is 23.4 Å². The molecule has 29 heavy (non-hydrogen) atoms. The predicted molar refractivity (Wildman–Crippen MR) is 120 cm³/mol. The van der Waals surface area contributed by atoms with Crippen LogP contribution in [0.1, 0.15) is 16.7 Å². The van der Waals surface area contributed by atoms with Crippen LogP contribution in [0.15, 0.2) is 47.5 Å². The van der Waals surface area contributed by atoms with Crippen LogP contribution >= 0.6 is 11.8 Å². The Hall–Kier alpha value is -2.25. The highest BCUT2D eigenvalue weighted by atomic mass is 32.2. The minimum absolute atomic E-state index is 0.194. The zero-order valence-corrected chi connectivity index (χ0v) is 17.9. The van der Waals surface area contributed by atoms with Gasteiger partial charge in [0.05, 0.1) is 13.2 Å². The van der Waals surface area contributed by atoms with Crippen LogP contribution in [-0.4, -0.2) is 45.6 Å². The van der Waals surface area contributed by atoms with Gasteiger partial charge in [-0.15, -0.1) is 0 Å². The number of hydrogen-bond donors (Lipinski definition) is 2. The Morgan fingerprint density at radius 2 is 1.79 bits per heavy atom. The molecule has 0 radical (unpaired) electrons. The Morgan fingerprint density at radius 1 is 1.07 bits per heavy atom. The fourth-order valence-electron chi connectivity index (χ4n) is 3.41. The molecule has 2 aromatic carbocycles. The lowest BCUT2D eigenvalue weighted by molar-refractivity contribution is 0.122. The summed E-state index contributed by atoms with van der Waals surface area (Å²) in [4.78, 5) is 6.70. The first-order valence-electron chi connectivity index (χ1n) is 9.82. The van der Waals surface area contributed by atoms with E-state index in [-0.39, 0.29) is 5.82 Å². The van der Waals surface area contributed by atoms with E-state index in [0.717, 1.165) is 49.1 Å². The number of guanidine groups is 1. The second kappa shape index (κ2) is 11.1. The second-order valence-corrected chi connectivity index (χ2v) is 7.72. The third-order valence-electron chi connectivity index (χ3n) is 4.93. The molecule has 1 fully saturated rings. The number of nitrogens with zero attached hydrogens (tertiary/aromatic N) is 2. The fraction of sp³-hybridized carbons (Fsp3) is 0.409. The molecule has 0 aliphatic carbocycles. The molecular weight excluding hydrogens is 387 g/mol. The number of thioether (sulfide) groups is 1. The van der Waals surface area contributed by atoms with Gasteiger partial charge in [-0.2, -0.15) is 11.8 Å². The average Bonchev–Trinajstić information content (AvgIpc) is 2.76. The Morgan fingerprint density at radius 3 is 2.52 bits per heavy atom. The first kappa shape index (κ1) is 21.5. The number of morpholine rings is 1. The molecule has 1 heterocycles. The van der Waals surface area contributed by atoms with Crippen LogP contribution in [0.25, 0.3) is 0 Å². The van der Waals surface area contributed by atoms with Crippen molar-refractivity contribution in [3.05, 3.63) is 65.0 Å². The summed E-state index contributed by atoms with van der Waals surface area (Å²) in [6, 6.07) is 13.4. The van der Waals surface area contributed by atoms with Crippen LogP contribution in [0.5, 0.6) is 0 Å². The number of benzene rings is 2. The topological polar surface area (TPSA) is 48.9 Å². The first-order valence-corrected chi connectivity index (χ1v) is 11.2. The molecule has 1 aliphatic rings. The van der Waals surface area contributed by atoms with E-state index >= 15 is 0 Å². The summed E-state index contributed by atoms with van der Waals surface area (Å²) in [6.07, 6.45) is 2.02. The number of aliphatic imine (C=N–C) groups is 1. The van der Waals surface area contributed by atoms with E-state index in [4.69, 9.17) is 4.74 Å². The maximum atomic E-state index is 13.6. The van der Waals surface area contributed by atoms with E-state index in [1.54, 1.807) is 24.9 Å². The van der Waals surface area contributed by atoms with E-state index in [2.05, 4.69) is 44.8 Å². The Kier molecular flexibility index (Phi) is 8.19. The van der Waals surface area contributed by atoms with Gasteiger partial charge in [-0.1, -0.05) is 24.3 Å². The molecule has 0 spiro atoms. The van der Waals surface area contributed by atoms with Gasteiger partial charge in [0.2, 0.25) is 0 Å². The van der Waals surface area contributed by atoms with Gasteiger partial charge in [0.1, 0.15) is 5.82 Å². The number of ether oxygens (including phenoxy) is 1. The molecule has 0 atom stereocenters. The quantitative estimate of drug-likeness (QED) is 0.535. The van der Waals surface area contributed by atoms with Crippen molar-refractivity contribution in [1.82, 2.24) is 10.6 Å². The highest BCUT2D eigenvalue weighted by Crippen LogP contribution is 2.21. The van der Waals surface area contributed by atoms with Gasteiger partial charge in [0.25, 0.3) is 0 Å². The second-order valence-electron chi connectivity index (χ2n) is 6.85. The van der Waals surface area contributed by atoms with Crippen LogP contribution in [0.4, 0.5) is 10.1 Å². The zero-order chi connectivity index (χ0) is 20.5. The molecule has 2 aromatic rings. The molecule has 0 aromatic heterocycles. The molecule has 1 saturated heterocycles. The van der Waals surface area contributed by atoms with Crippen molar-refractivity contribution in [3.63, 3.8) is 0 Å². The highest BCUT2D eigenvalue weighted by Gasteiger charge is 2.14. The molecule has 1 aliphatic heterocycles. The summed E-state index contributed by atoms with van der Waals surface area (Å²) in [5.41, 5.74) is 4.55. The molecule has 2 N–H and O–H groups in total. The lowest BCUT2D eigenvalue weighted by atomic mass is 10.1. The van der Waals surface area contributed by atoms with Crippen molar-refractivity contribution in [2.75, 3.05) is 44.5 Å². The third kappa shape index (κ3) is 6.11. The minimum atomic E-state index is -0.194. The van der Waals surface area contributed by atoms with Gasteiger partial charge in [-0.05, 0) is 41.1 Å². The minimum Gasteiger partial charge on any atom is -0.378 e. The number of nitrogens with one attached hydrogen (secondary N) is 2. The van der Waals surface area contributed by atoms with E-state index in [1.807, 2.05) is 12.3 Å². The predicted octanol–water partition coefficient (Wildman–Crippen LogP) is 3.39. The van der Waals surface area contributed by atoms with Crippen LogP contribution in [0.2, 0.25) is 0 Å². The summed E-state index contributed by atoms with van der Waals surface area (Å²) >= 11 is 1.69. The summed E-state index contributed by atoms with van der Waals surface area (Å²) in [5, 5.41) is 6.75. The first-order chi connectivity index (χ1) is 14.2. The van der Waals surface area contributed by atoms with Crippen molar-refractivity contribution in [1.29, 1.82) is 0 Å². The van der Waals surface area contributed by atoms with Crippen molar-refractivity contribution in [3.8, 4) is 0 Å². The smallest absolute Gasteiger partial charge is 0.191 e.